The van der Waals surface area contributed by atoms with Gasteiger partial charge in [-0.15, -0.1) is 0 Å². The van der Waals surface area contributed by atoms with E-state index in [1.807, 2.05) is 0 Å². The monoisotopic (exact) mass is 387 g/mol. The zero-order valence-corrected chi connectivity index (χ0v) is 17.2. The van der Waals surface area contributed by atoms with Crippen LogP contribution in [0.5, 0.6) is 0 Å². The van der Waals surface area contributed by atoms with Gasteiger partial charge in [-0.2, -0.15) is 0 Å². The standard InChI is InChI=1S/C21H30BNO5/c1-20(2)21(3,4)28-22(27-20)17-6-5-15-13-26-18(12-16(15)11-17)14-7-9-23(10-8-14)19(24)25/h5-6,11,14,18H,7-10,12-13H2,1-4H3,(H,24,25). The van der Waals surface area contributed by atoms with Crippen molar-refractivity contribution >= 4 is 18.7 Å². The van der Waals surface area contributed by atoms with Gasteiger partial charge in [-0.05, 0) is 69.5 Å². The predicted molar refractivity (Wildman–Crippen MR) is 107 cm³/mol. The SMILES string of the molecule is CC1(C)OB(c2ccc3c(c2)CC(C2CCN(C(=O)O)CC2)OC3)OC1(C)C. The number of ether oxygens (including phenoxy) is 1. The van der Waals surface area contributed by atoms with Crippen LogP contribution in [0.2, 0.25) is 0 Å². The molecule has 28 heavy (non-hydrogen) atoms. The largest absolute Gasteiger partial charge is 0.494 e. The third-order valence-corrected chi connectivity index (χ3v) is 6.97. The second-order valence-corrected chi connectivity index (χ2v) is 9.28. The third-order valence-electron chi connectivity index (χ3n) is 6.97. The lowest BCUT2D eigenvalue weighted by atomic mass is 9.76. The first-order chi connectivity index (χ1) is 13.2. The van der Waals surface area contributed by atoms with Crippen molar-refractivity contribution in [3.63, 3.8) is 0 Å². The fraction of sp³-hybridized carbons (Fsp3) is 0.667. The van der Waals surface area contributed by atoms with Crippen LogP contribution in [0.3, 0.4) is 0 Å². The van der Waals surface area contributed by atoms with E-state index >= 15 is 0 Å². The maximum atomic E-state index is 11.1. The molecule has 0 aromatic heterocycles. The Hall–Kier alpha value is -1.57. The van der Waals surface area contributed by atoms with Gasteiger partial charge in [-0.3, -0.25) is 0 Å². The van der Waals surface area contributed by atoms with E-state index in [1.165, 1.54) is 16.0 Å². The smallest absolute Gasteiger partial charge is 0.465 e. The summed E-state index contributed by atoms with van der Waals surface area (Å²) in [4.78, 5) is 12.6. The van der Waals surface area contributed by atoms with E-state index in [2.05, 4.69) is 45.9 Å². The van der Waals surface area contributed by atoms with Crippen molar-refractivity contribution in [2.45, 2.75) is 70.9 Å². The lowest BCUT2D eigenvalue weighted by Gasteiger charge is -2.37. The van der Waals surface area contributed by atoms with Gasteiger partial charge in [0.05, 0.1) is 23.9 Å². The normalized spacial score (nSPS) is 26.9. The molecular weight excluding hydrogens is 357 g/mol. The van der Waals surface area contributed by atoms with Crippen molar-refractivity contribution in [2.75, 3.05) is 13.1 Å². The van der Waals surface area contributed by atoms with E-state index in [-0.39, 0.29) is 24.4 Å². The molecule has 1 atom stereocenters. The van der Waals surface area contributed by atoms with Crippen LogP contribution in [0.4, 0.5) is 4.79 Å². The van der Waals surface area contributed by atoms with Gasteiger partial charge in [0.25, 0.3) is 0 Å². The molecule has 1 aromatic carbocycles. The molecule has 7 heteroatoms. The number of likely N-dealkylation sites (tertiary alicyclic amines) is 1. The first-order valence-corrected chi connectivity index (χ1v) is 10.2. The predicted octanol–water partition coefficient (Wildman–Crippen LogP) is 2.82. The molecule has 1 amide bonds. The van der Waals surface area contributed by atoms with Crippen LogP contribution in [0.15, 0.2) is 18.2 Å². The quantitative estimate of drug-likeness (QED) is 0.791. The molecule has 1 N–H and O–H groups in total. The summed E-state index contributed by atoms with van der Waals surface area (Å²) >= 11 is 0. The fourth-order valence-corrected chi connectivity index (χ4v) is 4.34. The molecule has 1 unspecified atom stereocenters. The molecule has 1 aromatic rings. The van der Waals surface area contributed by atoms with Crippen LogP contribution >= 0.6 is 0 Å². The van der Waals surface area contributed by atoms with Gasteiger partial charge in [0.15, 0.2) is 0 Å². The summed E-state index contributed by atoms with van der Waals surface area (Å²) in [6.07, 6.45) is 1.92. The van der Waals surface area contributed by atoms with Crippen LogP contribution in [0.1, 0.15) is 51.7 Å². The van der Waals surface area contributed by atoms with Crippen LogP contribution in [0.25, 0.3) is 0 Å². The Morgan fingerprint density at radius 1 is 1.11 bits per heavy atom. The van der Waals surface area contributed by atoms with E-state index in [1.54, 1.807) is 0 Å². The first-order valence-electron chi connectivity index (χ1n) is 10.2. The van der Waals surface area contributed by atoms with Crippen molar-refractivity contribution in [1.29, 1.82) is 0 Å². The van der Waals surface area contributed by atoms with E-state index in [0.717, 1.165) is 24.7 Å². The average Bonchev–Trinajstić information content (AvgIpc) is 2.88. The lowest BCUT2D eigenvalue weighted by Crippen LogP contribution is -2.42. The molecule has 0 bridgehead atoms. The second-order valence-electron chi connectivity index (χ2n) is 9.28. The van der Waals surface area contributed by atoms with Gasteiger partial charge < -0.3 is 24.1 Å². The summed E-state index contributed by atoms with van der Waals surface area (Å²) in [5, 5.41) is 9.14. The van der Waals surface area contributed by atoms with E-state index in [0.29, 0.717) is 25.6 Å². The topological polar surface area (TPSA) is 68.2 Å². The summed E-state index contributed by atoms with van der Waals surface area (Å²) in [5.74, 6) is 0.407. The number of rotatable bonds is 2. The molecular formula is C21H30BNO5. The Bertz CT molecular complexity index is 741. The zero-order chi connectivity index (χ0) is 20.1. The van der Waals surface area contributed by atoms with Crippen molar-refractivity contribution in [3.05, 3.63) is 29.3 Å². The van der Waals surface area contributed by atoms with E-state index < -0.39 is 6.09 Å². The molecule has 0 spiro atoms. The Morgan fingerprint density at radius 3 is 2.36 bits per heavy atom. The second kappa shape index (κ2) is 7.04. The van der Waals surface area contributed by atoms with Crippen LogP contribution in [-0.4, -0.2) is 53.6 Å². The summed E-state index contributed by atoms with van der Waals surface area (Å²) in [6, 6.07) is 6.41. The number of hydrogen-bond acceptors (Lipinski definition) is 4. The van der Waals surface area contributed by atoms with Crippen LogP contribution < -0.4 is 5.46 Å². The minimum atomic E-state index is -0.819. The van der Waals surface area contributed by atoms with Crippen molar-refractivity contribution < 1.29 is 23.9 Å². The van der Waals surface area contributed by atoms with Crippen LogP contribution in [-0.2, 0) is 27.1 Å². The molecule has 4 rings (SSSR count). The summed E-state index contributed by atoms with van der Waals surface area (Å²) in [6.45, 7) is 10.1. The summed E-state index contributed by atoms with van der Waals surface area (Å²) in [7, 11) is -0.351. The molecule has 0 radical (unpaired) electrons. The van der Waals surface area contributed by atoms with Gasteiger partial charge in [-0.1, -0.05) is 18.2 Å². The summed E-state index contributed by atoms with van der Waals surface area (Å²) < 4.78 is 18.6. The summed E-state index contributed by atoms with van der Waals surface area (Å²) in [5.41, 5.74) is 2.87. The van der Waals surface area contributed by atoms with E-state index in [4.69, 9.17) is 19.2 Å². The highest BCUT2D eigenvalue weighted by Crippen LogP contribution is 2.37. The molecule has 2 fully saturated rings. The number of amides is 1. The number of hydrogen-bond donors (Lipinski definition) is 1. The van der Waals surface area contributed by atoms with E-state index in [9.17, 15) is 4.79 Å². The van der Waals surface area contributed by atoms with Gasteiger partial charge in [0.2, 0.25) is 0 Å². The number of carbonyl (C=O) groups is 1. The minimum absolute atomic E-state index is 0.150. The Balaban J connectivity index is 1.46. The Labute approximate surface area is 167 Å². The highest BCUT2D eigenvalue weighted by molar-refractivity contribution is 6.62. The first kappa shape index (κ1) is 19.7. The zero-order valence-electron chi connectivity index (χ0n) is 17.2. The van der Waals surface area contributed by atoms with Crippen LogP contribution in [0, 0.1) is 5.92 Å². The Morgan fingerprint density at radius 2 is 1.75 bits per heavy atom. The molecule has 152 valence electrons. The third kappa shape index (κ3) is 3.56. The van der Waals surface area contributed by atoms with Gasteiger partial charge >= 0.3 is 13.2 Å². The van der Waals surface area contributed by atoms with Gasteiger partial charge in [-0.25, -0.2) is 4.79 Å². The maximum absolute atomic E-state index is 11.1. The van der Waals surface area contributed by atoms with Gasteiger partial charge in [0, 0.05) is 13.1 Å². The minimum Gasteiger partial charge on any atom is -0.465 e. The van der Waals surface area contributed by atoms with Crippen molar-refractivity contribution in [3.8, 4) is 0 Å². The number of benzene rings is 1. The molecule has 2 saturated heterocycles. The molecule has 6 nitrogen and oxygen atoms in total. The maximum Gasteiger partial charge on any atom is 0.494 e. The number of carboxylic acid groups (broad SMARTS) is 1. The molecule has 3 aliphatic rings. The fourth-order valence-electron chi connectivity index (χ4n) is 4.34. The highest BCUT2D eigenvalue weighted by Gasteiger charge is 2.51. The Kier molecular flexibility index (Phi) is 4.96. The van der Waals surface area contributed by atoms with Crippen molar-refractivity contribution in [2.24, 2.45) is 5.92 Å². The molecule has 0 aliphatic carbocycles. The lowest BCUT2D eigenvalue weighted by molar-refractivity contribution is -0.0267. The molecule has 3 heterocycles. The number of nitrogens with zero attached hydrogens (tertiary/aromatic N) is 1. The van der Waals surface area contributed by atoms with Crippen molar-refractivity contribution in [1.82, 2.24) is 4.90 Å². The molecule has 0 saturated carbocycles. The highest BCUT2D eigenvalue weighted by atomic mass is 16.7. The average molecular weight is 387 g/mol. The number of piperidine rings is 1. The van der Waals surface area contributed by atoms with Gasteiger partial charge in [0.1, 0.15) is 0 Å². The molecule has 3 aliphatic heterocycles. The number of fused-ring (bicyclic) bond motifs is 1.